The second-order valence-corrected chi connectivity index (χ2v) is 11.7. The second-order valence-electron chi connectivity index (χ2n) is 11.7. The van der Waals surface area contributed by atoms with Crippen LogP contribution in [0.25, 0.3) is 11.0 Å². The number of aryl methyl sites for hydroxylation is 1. The zero-order chi connectivity index (χ0) is 25.9. The Morgan fingerprint density at radius 1 is 1.19 bits per heavy atom. The molecule has 1 aromatic carbocycles. The summed E-state index contributed by atoms with van der Waals surface area (Å²) >= 11 is 0. The number of hydrogen-bond acceptors (Lipinski definition) is 5. The van der Waals surface area contributed by atoms with Gasteiger partial charge in [0.05, 0.1) is 36.3 Å². The fraction of sp³-hybridized carbons (Fsp3) is 0.643. The summed E-state index contributed by atoms with van der Waals surface area (Å²) in [5, 5.41) is 9.75. The number of imidazole rings is 1. The maximum absolute atomic E-state index is 13.1. The van der Waals surface area contributed by atoms with Crippen molar-refractivity contribution in [2.75, 3.05) is 18.6 Å². The normalized spacial score (nSPS) is 26.9. The Labute approximate surface area is 216 Å². The third-order valence-electron chi connectivity index (χ3n) is 9.34. The summed E-state index contributed by atoms with van der Waals surface area (Å²) in [7, 11) is 1.40. The summed E-state index contributed by atoms with van der Waals surface area (Å²) in [5.41, 5.74) is 3.92. The van der Waals surface area contributed by atoms with E-state index in [0.717, 1.165) is 79.6 Å². The van der Waals surface area contributed by atoms with E-state index in [9.17, 15) is 19.5 Å². The number of carbonyl (C=O) groups is 3. The minimum Gasteiger partial charge on any atom is -0.481 e. The molecule has 2 saturated carbocycles. The summed E-state index contributed by atoms with van der Waals surface area (Å²) in [6, 6.07) is 4.03. The van der Waals surface area contributed by atoms with Gasteiger partial charge in [0.15, 0.2) is 0 Å². The fourth-order valence-electron chi connectivity index (χ4n) is 6.92. The molecule has 0 radical (unpaired) electrons. The highest BCUT2D eigenvalue weighted by Gasteiger charge is 2.48. The lowest BCUT2D eigenvalue weighted by Crippen LogP contribution is -2.42. The van der Waals surface area contributed by atoms with Crippen LogP contribution in [-0.2, 0) is 27.3 Å². The SMILES string of the molecule is COC(=O)N1c2ccc3c(nc(CN4CCC5(CC5)CC4=O)n3[C@@H]3CCC[C@@H](C(=O)O)C3)c2CCC1C. The van der Waals surface area contributed by atoms with Gasteiger partial charge in [-0.25, -0.2) is 9.78 Å². The van der Waals surface area contributed by atoms with Crippen molar-refractivity contribution in [2.45, 2.75) is 89.8 Å². The Morgan fingerprint density at radius 2 is 2.00 bits per heavy atom. The fourth-order valence-corrected chi connectivity index (χ4v) is 6.92. The lowest BCUT2D eigenvalue weighted by molar-refractivity contribution is -0.143. The van der Waals surface area contributed by atoms with Crippen molar-refractivity contribution in [3.63, 3.8) is 0 Å². The molecule has 2 aliphatic heterocycles. The van der Waals surface area contributed by atoms with Crippen LogP contribution in [0, 0.1) is 11.3 Å². The number of benzene rings is 1. The Balaban J connectivity index is 1.43. The molecular formula is C28H36N4O5. The number of carbonyl (C=O) groups excluding carboxylic acids is 2. The number of carboxylic acids is 1. The van der Waals surface area contributed by atoms with Gasteiger partial charge in [-0.15, -0.1) is 0 Å². The average Bonchev–Trinajstić information content (AvgIpc) is 3.53. The molecule has 9 nitrogen and oxygen atoms in total. The molecule has 37 heavy (non-hydrogen) atoms. The minimum atomic E-state index is -0.739. The number of likely N-dealkylation sites (tertiary alicyclic amines) is 1. The van der Waals surface area contributed by atoms with Crippen LogP contribution >= 0.6 is 0 Å². The highest BCUT2D eigenvalue weighted by Crippen LogP contribution is 2.54. The minimum absolute atomic E-state index is 0.0155. The van der Waals surface area contributed by atoms with E-state index in [1.54, 1.807) is 4.90 Å². The molecule has 198 valence electrons. The topological polar surface area (TPSA) is 105 Å². The first-order chi connectivity index (χ1) is 17.8. The summed E-state index contributed by atoms with van der Waals surface area (Å²) in [6.45, 7) is 3.21. The highest BCUT2D eigenvalue weighted by molar-refractivity contribution is 5.95. The van der Waals surface area contributed by atoms with Crippen molar-refractivity contribution in [3.8, 4) is 0 Å². The van der Waals surface area contributed by atoms with Crippen LogP contribution in [-0.4, -0.2) is 57.2 Å². The first-order valence-electron chi connectivity index (χ1n) is 13.7. The lowest BCUT2D eigenvalue weighted by Gasteiger charge is -2.34. The molecule has 3 heterocycles. The Kier molecular flexibility index (Phi) is 5.92. The molecule has 1 saturated heterocycles. The van der Waals surface area contributed by atoms with Crippen molar-refractivity contribution >= 4 is 34.7 Å². The number of ether oxygens (including phenoxy) is 1. The van der Waals surface area contributed by atoms with Gasteiger partial charge in [-0.2, -0.15) is 0 Å². The van der Waals surface area contributed by atoms with Crippen LogP contribution < -0.4 is 4.90 Å². The molecule has 9 heteroatoms. The van der Waals surface area contributed by atoms with Gasteiger partial charge >= 0.3 is 12.1 Å². The second kappa shape index (κ2) is 9.03. The summed E-state index contributed by atoms with van der Waals surface area (Å²) in [5.74, 6) is -0.0923. The van der Waals surface area contributed by atoms with Gasteiger partial charge in [0.1, 0.15) is 5.82 Å². The Morgan fingerprint density at radius 3 is 2.70 bits per heavy atom. The molecule has 0 bridgehead atoms. The summed E-state index contributed by atoms with van der Waals surface area (Å²) in [6.07, 6.45) is 8.21. The van der Waals surface area contributed by atoms with E-state index < -0.39 is 5.97 Å². The predicted octanol–water partition coefficient (Wildman–Crippen LogP) is 4.66. The molecule has 6 rings (SSSR count). The van der Waals surface area contributed by atoms with Crippen LogP contribution in [0.3, 0.4) is 0 Å². The van der Waals surface area contributed by atoms with Crippen LogP contribution in [0.1, 0.15) is 82.1 Å². The number of methoxy groups -OCH3 is 1. The van der Waals surface area contributed by atoms with Crippen molar-refractivity contribution < 1.29 is 24.2 Å². The van der Waals surface area contributed by atoms with Gasteiger partial charge in [-0.05, 0) is 75.8 Å². The maximum Gasteiger partial charge on any atom is 0.414 e. The number of carboxylic acid groups (broad SMARTS) is 1. The zero-order valence-corrected chi connectivity index (χ0v) is 21.7. The smallest absolute Gasteiger partial charge is 0.414 e. The number of fused-ring (bicyclic) bond motifs is 3. The number of nitrogens with zero attached hydrogens (tertiary/aromatic N) is 4. The Hall–Kier alpha value is -3.10. The van der Waals surface area contributed by atoms with Gasteiger partial charge in [0.2, 0.25) is 5.91 Å². The van der Waals surface area contributed by atoms with Crippen LogP contribution in [0.15, 0.2) is 12.1 Å². The molecule has 2 amide bonds. The number of amides is 2. The summed E-state index contributed by atoms with van der Waals surface area (Å²) in [4.78, 5) is 46.4. The monoisotopic (exact) mass is 508 g/mol. The number of anilines is 1. The van der Waals surface area contributed by atoms with Crippen molar-refractivity contribution in [2.24, 2.45) is 11.3 Å². The Bertz CT molecular complexity index is 1260. The van der Waals surface area contributed by atoms with Gasteiger partial charge in [0.25, 0.3) is 0 Å². The van der Waals surface area contributed by atoms with Gasteiger partial charge < -0.3 is 19.3 Å². The molecule has 4 aliphatic rings. The average molecular weight is 509 g/mol. The van der Waals surface area contributed by atoms with E-state index in [1.807, 2.05) is 24.0 Å². The largest absolute Gasteiger partial charge is 0.481 e. The van der Waals surface area contributed by atoms with Crippen LogP contribution in [0.4, 0.5) is 10.5 Å². The highest BCUT2D eigenvalue weighted by atomic mass is 16.5. The number of rotatable bonds is 4. The molecule has 3 fully saturated rings. The van der Waals surface area contributed by atoms with Crippen LogP contribution in [0.5, 0.6) is 0 Å². The van der Waals surface area contributed by atoms with E-state index in [0.29, 0.717) is 25.8 Å². The van der Waals surface area contributed by atoms with Crippen molar-refractivity contribution in [1.82, 2.24) is 14.5 Å². The molecule has 1 aromatic heterocycles. The van der Waals surface area contributed by atoms with Gasteiger partial charge in [-0.1, -0.05) is 6.42 Å². The molecule has 2 aromatic rings. The van der Waals surface area contributed by atoms with Gasteiger partial charge in [-0.3, -0.25) is 14.5 Å². The third kappa shape index (κ3) is 4.16. The van der Waals surface area contributed by atoms with E-state index in [1.165, 1.54) is 7.11 Å². The maximum atomic E-state index is 13.1. The zero-order valence-electron chi connectivity index (χ0n) is 21.7. The lowest BCUT2D eigenvalue weighted by atomic mass is 9.85. The molecule has 2 aliphatic carbocycles. The molecule has 1 N–H and O–H groups in total. The number of aliphatic carboxylic acids is 1. The van der Waals surface area contributed by atoms with E-state index in [4.69, 9.17) is 9.72 Å². The van der Waals surface area contributed by atoms with Crippen molar-refractivity contribution in [1.29, 1.82) is 0 Å². The first-order valence-corrected chi connectivity index (χ1v) is 13.7. The first kappa shape index (κ1) is 24.2. The standard InChI is InChI=1S/C28H36N4O5/c1-17-6-7-20-21(31(17)27(36)37-2)8-9-22-25(20)29-23(16-30-13-12-28(10-11-28)15-24(30)33)32(22)19-5-3-4-18(14-19)26(34)35/h8-9,17-19H,3-7,10-16H2,1-2H3,(H,34,35)/t17?,18-,19-/m1/s1. The van der Waals surface area contributed by atoms with E-state index in [-0.39, 0.29) is 35.4 Å². The van der Waals surface area contributed by atoms with E-state index >= 15 is 0 Å². The quantitative estimate of drug-likeness (QED) is 0.644. The molecule has 1 spiro atoms. The molecule has 1 unspecified atom stereocenters. The summed E-state index contributed by atoms with van der Waals surface area (Å²) < 4.78 is 7.31. The number of piperidine rings is 1. The van der Waals surface area contributed by atoms with E-state index in [2.05, 4.69) is 4.57 Å². The van der Waals surface area contributed by atoms with Crippen molar-refractivity contribution in [3.05, 3.63) is 23.5 Å². The molecule has 3 atom stereocenters. The predicted molar refractivity (Wildman–Crippen MR) is 137 cm³/mol. The van der Waals surface area contributed by atoms with Crippen LogP contribution in [0.2, 0.25) is 0 Å². The van der Waals surface area contributed by atoms with Gasteiger partial charge in [0, 0.05) is 30.6 Å². The number of aromatic nitrogens is 2. The number of hydrogen-bond donors (Lipinski definition) is 1. The third-order valence-corrected chi connectivity index (χ3v) is 9.34. The molecular weight excluding hydrogens is 472 g/mol.